The van der Waals surface area contributed by atoms with E-state index in [1.54, 1.807) is 0 Å². The normalized spacial score (nSPS) is 25.9. The molecule has 2 fully saturated rings. The molecule has 3 aliphatic heterocycles. The van der Waals surface area contributed by atoms with E-state index in [2.05, 4.69) is 18.2 Å². The van der Waals surface area contributed by atoms with Gasteiger partial charge in [0.25, 0.3) is 0 Å². The van der Waals surface area contributed by atoms with Crippen molar-refractivity contribution in [1.82, 2.24) is 0 Å². The maximum Gasteiger partial charge on any atom is 0.122 e. The monoisotopic (exact) mass is 262 g/mol. The van der Waals surface area contributed by atoms with Crippen LogP contribution >= 0.6 is 0 Å². The zero-order valence-electron chi connectivity index (χ0n) is 10.9. The van der Waals surface area contributed by atoms with E-state index in [0.29, 0.717) is 26.4 Å². The highest BCUT2D eigenvalue weighted by Crippen LogP contribution is 2.52. The molecule has 0 unspecified atom stereocenters. The van der Waals surface area contributed by atoms with E-state index in [0.717, 1.165) is 18.8 Å². The topological polar surface area (TPSA) is 47.9 Å². The fourth-order valence-corrected chi connectivity index (χ4v) is 3.44. The van der Waals surface area contributed by atoms with E-state index in [-0.39, 0.29) is 17.4 Å². The zero-order valence-corrected chi connectivity index (χ0v) is 10.9. The standard InChI is InChI=1S/C15H18O4/c16-6-14(7-17-8-14)15(9-18-10-15)12-1-2-13-11(5-12)3-4-19-13/h1-2,5,16H,3-4,6-10H2. The molecule has 2 saturated heterocycles. The molecule has 102 valence electrons. The van der Waals surface area contributed by atoms with Crippen LogP contribution < -0.4 is 4.74 Å². The van der Waals surface area contributed by atoms with Crippen LogP contribution in [0.15, 0.2) is 18.2 Å². The Labute approximate surface area is 112 Å². The van der Waals surface area contributed by atoms with Crippen LogP contribution in [0.2, 0.25) is 0 Å². The third-order valence-corrected chi connectivity index (χ3v) is 5.01. The molecule has 0 atom stereocenters. The molecule has 1 N–H and O–H groups in total. The number of rotatable bonds is 3. The predicted molar refractivity (Wildman–Crippen MR) is 68.5 cm³/mol. The first-order chi connectivity index (χ1) is 9.30. The fourth-order valence-electron chi connectivity index (χ4n) is 3.44. The summed E-state index contributed by atoms with van der Waals surface area (Å²) >= 11 is 0. The lowest BCUT2D eigenvalue weighted by Crippen LogP contribution is -2.68. The van der Waals surface area contributed by atoms with Gasteiger partial charge in [-0.2, -0.15) is 0 Å². The van der Waals surface area contributed by atoms with Gasteiger partial charge in [-0.1, -0.05) is 12.1 Å². The molecule has 0 amide bonds. The van der Waals surface area contributed by atoms with E-state index >= 15 is 0 Å². The van der Waals surface area contributed by atoms with Crippen molar-refractivity contribution in [3.63, 3.8) is 0 Å². The second-order valence-corrected chi connectivity index (χ2v) is 5.93. The molecule has 0 aliphatic carbocycles. The summed E-state index contributed by atoms with van der Waals surface area (Å²) < 4.78 is 16.4. The number of hydrogen-bond donors (Lipinski definition) is 1. The predicted octanol–water partition coefficient (Wildman–Crippen LogP) is 0.898. The number of aliphatic hydroxyl groups is 1. The number of fused-ring (bicyclic) bond motifs is 1. The summed E-state index contributed by atoms with van der Waals surface area (Å²) in [4.78, 5) is 0. The SMILES string of the molecule is OCC1(C2(c3ccc4c(c3)CCO4)COC2)COC1. The largest absolute Gasteiger partial charge is 0.493 e. The lowest BCUT2D eigenvalue weighted by Gasteiger charge is -2.58. The minimum absolute atomic E-state index is 0.0857. The first kappa shape index (κ1) is 11.7. The molecule has 0 aromatic heterocycles. The summed E-state index contributed by atoms with van der Waals surface area (Å²) in [5.74, 6) is 1.00. The summed E-state index contributed by atoms with van der Waals surface area (Å²) in [5.41, 5.74) is 2.29. The highest BCUT2D eigenvalue weighted by Gasteiger charge is 2.61. The summed E-state index contributed by atoms with van der Waals surface area (Å²) in [7, 11) is 0. The van der Waals surface area contributed by atoms with Crippen LogP contribution in [-0.4, -0.2) is 44.7 Å². The van der Waals surface area contributed by atoms with Gasteiger partial charge in [0.2, 0.25) is 0 Å². The van der Waals surface area contributed by atoms with Crippen LogP contribution in [0, 0.1) is 5.41 Å². The molecule has 3 heterocycles. The number of benzene rings is 1. The molecule has 3 aliphatic rings. The fraction of sp³-hybridized carbons (Fsp3) is 0.600. The van der Waals surface area contributed by atoms with Crippen molar-refractivity contribution < 1.29 is 19.3 Å². The Morgan fingerprint density at radius 3 is 2.47 bits per heavy atom. The molecule has 4 heteroatoms. The summed E-state index contributed by atoms with van der Waals surface area (Å²) in [6.07, 6.45) is 0.975. The van der Waals surface area contributed by atoms with E-state index in [1.165, 1.54) is 11.1 Å². The number of aliphatic hydroxyl groups excluding tert-OH is 1. The lowest BCUT2D eigenvalue weighted by molar-refractivity contribution is -0.242. The highest BCUT2D eigenvalue weighted by atomic mass is 16.5. The van der Waals surface area contributed by atoms with Crippen LogP contribution in [0.1, 0.15) is 11.1 Å². The second kappa shape index (κ2) is 3.95. The molecule has 4 rings (SSSR count). The third kappa shape index (κ3) is 1.39. The van der Waals surface area contributed by atoms with Crippen molar-refractivity contribution in [3.05, 3.63) is 29.3 Å². The maximum absolute atomic E-state index is 9.83. The quantitative estimate of drug-likeness (QED) is 0.879. The van der Waals surface area contributed by atoms with Crippen LogP contribution in [0.25, 0.3) is 0 Å². The van der Waals surface area contributed by atoms with Gasteiger partial charge in [-0.25, -0.2) is 0 Å². The molecule has 0 bridgehead atoms. The van der Waals surface area contributed by atoms with Crippen LogP contribution in [0.3, 0.4) is 0 Å². The van der Waals surface area contributed by atoms with Crippen LogP contribution in [0.4, 0.5) is 0 Å². The summed E-state index contributed by atoms with van der Waals surface area (Å²) in [5, 5.41) is 9.83. The van der Waals surface area contributed by atoms with Gasteiger partial charge in [0.05, 0.1) is 50.5 Å². The second-order valence-electron chi connectivity index (χ2n) is 5.93. The van der Waals surface area contributed by atoms with Crippen molar-refractivity contribution in [2.75, 3.05) is 39.6 Å². The van der Waals surface area contributed by atoms with E-state index in [1.807, 2.05) is 0 Å². The average Bonchev–Trinajstić information content (AvgIpc) is 2.78. The zero-order chi connectivity index (χ0) is 12.9. The molecule has 0 radical (unpaired) electrons. The van der Waals surface area contributed by atoms with Gasteiger partial charge < -0.3 is 19.3 Å². The van der Waals surface area contributed by atoms with Crippen molar-refractivity contribution in [1.29, 1.82) is 0 Å². The van der Waals surface area contributed by atoms with E-state index < -0.39 is 0 Å². The Hall–Kier alpha value is -1.10. The Morgan fingerprint density at radius 2 is 1.89 bits per heavy atom. The first-order valence-electron chi connectivity index (χ1n) is 6.82. The minimum Gasteiger partial charge on any atom is -0.493 e. The number of ether oxygens (including phenoxy) is 3. The molecular formula is C15H18O4. The smallest absolute Gasteiger partial charge is 0.122 e. The van der Waals surface area contributed by atoms with Gasteiger partial charge in [-0.05, 0) is 17.2 Å². The molecule has 4 nitrogen and oxygen atoms in total. The van der Waals surface area contributed by atoms with Gasteiger partial charge in [-0.3, -0.25) is 0 Å². The van der Waals surface area contributed by atoms with Gasteiger partial charge >= 0.3 is 0 Å². The number of hydrogen-bond acceptors (Lipinski definition) is 4. The van der Waals surface area contributed by atoms with Gasteiger partial charge in [0.1, 0.15) is 5.75 Å². The van der Waals surface area contributed by atoms with Crippen molar-refractivity contribution in [3.8, 4) is 5.75 Å². The van der Waals surface area contributed by atoms with Crippen molar-refractivity contribution in [2.45, 2.75) is 11.8 Å². The first-order valence-corrected chi connectivity index (χ1v) is 6.82. The van der Waals surface area contributed by atoms with Gasteiger partial charge in [0.15, 0.2) is 0 Å². The third-order valence-electron chi connectivity index (χ3n) is 5.01. The molecule has 1 aromatic carbocycles. The summed E-state index contributed by atoms with van der Waals surface area (Å²) in [6, 6.07) is 6.42. The van der Waals surface area contributed by atoms with Crippen molar-refractivity contribution >= 4 is 0 Å². The molecule has 19 heavy (non-hydrogen) atoms. The Balaban J connectivity index is 1.76. The summed E-state index contributed by atoms with van der Waals surface area (Å²) in [6.45, 7) is 3.54. The van der Waals surface area contributed by atoms with Gasteiger partial charge in [0, 0.05) is 6.42 Å². The van der Waals surface area contributed by atoms with Crippen LogP contribution in [-0.2, 0) is 21.3 Å². The van der Waals surface area contributed by atoms with E-state index in [9.17, 15) is 5.11 Å². The Morgan fingerprint density at radius 1 is 1.11 bits per heavy atom. The van der Waals surface area contributed by atoms with Crippen LogP contribution in [0.5, 0.6) is 5.75 Å². The van der Waals surface area contributed by atoms with E-state index in [4.69, 9.17) is 14.2 Å². The maximum atomic E-state index is 9.83. The lowest BCUT2D eigenvalue weighted by atomic mass is 9.57. The average molecular weight is 262 g/mol. The molecular weight excluding hydrogens is 244 g/mol. The molecule has 0 saturated carbocycles. The van der Waals surface area contributed by atoms with Gasteiger partial charge in [-0.15, -0.1) is 0 Å². The van der Waals surface area contributed by atoms with Crippen molar-refractivity contribution in [2.24, 2.45) is 5.41 Å². The molecule has 0 spiro atoms. The Bertz CT molecular complexity index is 497. The molecule has 1 aromatic rings. The minimum atomic E-state index is -0.168. The Kier molecular flexibility index (Phi) is 2.43. The highest BCUT2D eigenvalue weighted by molar-refractivity contribution is 5.44.